The van der Waals surface area contributed by atoms with Gasteiger partial charge >= 0.3 is 5.97 Å². The number of fused-ring (bicyclic) bond motifs is 2. The number of nitro groups is 1. The van der Waals surface area contributed by atoms with E-state index in [1.165, 1.54) is 24.3 Å². The van der Waals surface area contributed by atoms with Gasteiger partial charge in [-0.3, -0.25) is 34.1 Å². The number of benzene rings is 2. The zero-order valence-electron chi connectivity index (χ0n) is 22.1. The first-order chi connectivity index (χ1) is 19.5. The topological polar surface area (TPSA) is 250 Å². The lowest BCUT2D eigenvalue weighted by Crippen LogP contribution is -2.53. The molecule has 3 rings (SSSR count). The lowest BCUT2D eigenvalue weighted by atomic mass is 10.0. The number of anilines is 2. The molecule has 2 aromatic rings. The van der Waals surface area contributed by atoms with Crippen molar-refractivity contribution in [2.24, 2.45) is 5.73 Å². The number of carbonyl (C=O) groups excluding carboxylic acids is 4. The zero-order valence-corrected chi connectivity index (χ0v) is 22.1. The van der Waals surface area contributed by atoms with Crippen LogP contribution in [-0.4, -0.2) is 58.3 Å². The van der Waals surface area contributed by atoms with Crippen molar-refractivity contribution in [3.63, 3.8) is 0 Å². The molecule has 0 aliphatic carbocycles. The van der Waals surface area contributed by atoms with Crippen LogP contribution in [0.4, 0.5) is 17.1 Å². The molecule has 0 saturated carbocycles. The summed E-state index contributed by atoms with van der Waals surface area (Å²) < 4.78 is 0. The lowest BCUT2D eigenvalue weighted by Gasteiger charge is -2.25. The molecule has 2 aromatic carbocycles. The minimum atomic E-state index is -1.37. The van der Waals surface area contributed by atoms with Crippen LogP contribution in [0.25, 0.3) is 0 Å². The van der Waals surface area contributed by atoms with E-state index in [2.05, 4.69) is 27.0 Å². The number of rotatable bonds is 9. The number of quaternary nitrogens is 1. The van der Waals surface area contributed by atoms with Crippen LogP contribution in [0.1, 0.15) is 58.4 Å². The standard InChI is InChI=1S/C26H31N7O8/c27-10-2-1-3-19-25(38)32-21-11-14(23(28)36)4-5-15(21)13-29-18-7-6-16(33(40)41)12-17(18)24(37)30-20(26(39)31-19)8-9-22(34)35/h4-7,11-12,19-20,29H,1-3,8-10,13,27H2,(H2,28,36)(H,30,37)(H,31,39)(H,32,38)(H,34,35)/p+1/t19-,20-/m0/s1. The van der Waals surface area contributed by atoms with Gasteiger partial charge in [0.15, 0.2) is 0 Å². The highest BCUT2D eigenvalue weighted by molar-refractivity contribution is 6.04. The molecule has 0 unspecified atom stereocenters. The molecule has 218 valence electrons. The smallest absolute Gasteiger partial charge is 0.303 e. The van der Waals surface area contributed by atoms with Crippen LogP contribution >= 0.6 is 0 Å². The Morgan fingerprint density at radius 2 is 1.73 bits per heavy atom. The highest BCUT2D eigenvalue weighted by Crippen LogP contribution is 2.26. The Hall–Kier alpha value is -5.05. The molecule has 0 aromatic heterocycles. The molecule has 15 nitrogen and oxygen atoms in total. The minimum absolute atomic E-state index is 0.0215. The van der Waals surface area contributed by atoms with Gasteiger partial charge in [0.1, 0.15) is 12.1 Å². The van der Waals surface area contributed by atoms with E-state index in [4.69, 9.17) is 5.73 Å². The fraction of sp³-hybridized carbons (Fsp3) is 0.346. The summed E-state index contributed by atoms with van der Waals surface area (Å²) in [6.45, 7) is 0.620. The first-order valence-electron chi connectivity index (χ1n) is 12.9. The molecule has 0 saturated heterocycles. The van der Waals surface area contributed by atoms with E-state index >= 15 is 0 Å². The van der Waals surface area contributed by atoms with Gasteiger partial charge < -0.3 is 37.8 Å². The molecule has 0 spiro atoms. The number of primary amides is 1. The number of aliphatic carboxylic acids is 1. The number of nitrogens with one attached hydrogen (secondary N) is 4. The second-order valence-corrected chi connectivity index (χ2v) is 9.43. The number of carboxylic acid groups (broad SMARTS) is 1. The Labute approximate surface area is 234 Å². The molecule has 0 radical (unpaired) electrons. The summed E-state index contributed by atoms with van der Waals surface area (Å²) in [5.41, 5.74) is 9.67. The fourth-order valence-electron chi connectivity index (χ4n) is 4.24. The van der Waals surface area contributed by atoms with Crippen LogP contribution in [0, 0.1) is 10.1 Å². The molecule has 4 amide bonds. The Kier molecular flexibility index (Phi) is 10.3. The number of amides is 4. The summed E-state index contributed by atoms with van der Waals surface area (Å²) in [7, 11) is 0. The number of nitrogens with two attached hydrogens (primary N) is 1. The van der Waals surface area contributed by atoms with Gasteiger partial charge in [-0.15, -0.1) is 0 Å². The Balaban J connectivity index is 2.11. The number of nitrogens with zero attached hydrogens (tertiary/aromatic N) is 1. The molecule has 10 N–H and O–H groups in total. The second-order valence-electron chi connectivity index (χ2n) is 9.43. The van der Waals surface area contributed by atoms with Crippen LogP contribution in [0.2, 0.25) is 0 Å². The zero-order chi connectivity index (χ0) is 30.1. The quantitative estimate of drug-likeness (QED) is 0.123. The van der Waals surface area contributed by atoms with Gasteiger partial charge in [0.25, 0.3) is 11.6 Å². The molecule has 1 heterocycles. The van der Waals surface area contributed by atoms with Crippen molar-refractivity contribution < 1.29 is 39.7 Å². The predicted octanol–water partition coefficient (Wildman–Crippen LogP) is 0.118. The van der Waals surface area contributed by atoms with Gasteiger partial charge in [-0.25, -0.2) is 0 Å². The molecule has 1 aliphatic heterocycles. The van der Waals surface area contributed by atoms with Crippen LogP contribution in [0.3, 0.4) is 0 Å². The van der Waals surface area contributed by atoms with E-state index < -0.39 is 53.0 Å². The van der Waals surface area contributed by atoms with Gasteiger partial charge in [-0.1, -0.05) is 6.07 Å². The molecule has 0 fully saturated rings. The first-order valence-corrected chi connectivity index (χ1v) is 12.9. The maximum Gasteiger partial charge on any atom is 0.303 e. The van der Waals surface area contributed by atoms with Crippen molar-refractivity contribution in [2.75, 3.05) is 17.2 Å². The summed E-state index contributed by atoms with van der Waals surface area (Å²) >= 11 is 0. The molecular weight excluding hydrogens is 538 g/mol. The fourth-order valence-corrected chi connectivity index (χ4v) is 4.24. The van der Waals surface area contributed by atoms with E-state index in [1.54, 1.807) is 6.07 Å². The number of carbonyl (C=O) groups is 5. The number of hydrogen-bond acceptors (Lipinski definition) is 8. The average Bonchev–Trinajstić information content (AvgIpc) is 2.92. The maximum atomic E-state index is 13.4. The Morgan fingerprint density at radius 3 is 2.39 bits per heavy atom. The second kappa shape index (κ2) is 13.8. The number of hydrogen-bond donors (Lipinski definition) is 7. The SMILES string of the molecule is NC(=O)c1ccc2c(c1)NC(=O)[C@H](CCCC[NH3+])NC(=O)[C@H](CCC(=O)O)NC(=O)c1cc([N+](=O)[O-])ccc1NC2. The average molecular weight is 571 g/mol. The molecule has 15 heteroatoms. The molecule has 41 heavy (non-hydrogen) atoms. The van der Waals surface area contributed by atoms with E-state index in [0.29, 0.717) is 24.9 Å². The Bertz CT molecular complexity index is 1360. The van der Waals surface area contributed by atoms with Gasteiger partial charge in [0, 0.05) is 42.0 Å². The predicted molar refractivity (Wildman–Crippen MR) is 146 cm³/mol. The number of non-ortho nitro benzene ring substituents is 1. The number of nitro benzene ring substituents is 1. The third kappa shape index (κ3) is 8.22. The third-order valence-corrected chi connectivity index (χ3v) is 6.47. The third-order valence-electron chi connectivity index (χ3n) is 6.47. The van der Waals surface area contributed by atoms with Crippen LogP contribution in [-0.2, 0) is 20.9 Å². The molecule has 2 atom stereocenters. The summed E-state index contributed by atoms with van der Waals surface area (Å²) in [6, 6.07) is 5.50. The van der Waals surface area contributed by atoms with Crippen molar-refractivity contribution in [3.05, 3.63) is 63.2 Å². The number of unbranched alkanes of at least 4 members (excludes halogenated alkanes) is 1. The van der Waals surface area contributed by atoms with Crippen molar-refractivity contribution in [3.8, 4) is 0 Å². The largest absolute Gasteiger partial charge is 0.481 e. The lowest BCUT2D eigenvalue weighted by molar-refractivity contribution is -0.384. The summed E-state index contributed by atoms with van der Waals surface area (Å²) in [5.74, 6) is -4.21. The monoisotopic (exact) mass is 570 g/mol. The van der Waals surface area contributed by atoms with Crippen LogP contribution in [0.5, 0.6) is 0 Å². The number of carboxylic acids is 1. The van der Waals surface area contributed by atoms with E-state index in [1.807, 2.05) is 0 Å². The minimum Gasteiger partial charge on any atom is -0.481 e. The highest BCUT2D eigenvalue weighted by Gasteiger charge is 2.29. The van der Waals surface area contributed by atoms with Crippen molar-refractivity contribution in [2.45, 2.75) is 50.7 Å². The van der Waals surface area contributed by atoms with E-state index in [0.717, 1.165) is 6.07 Å². The van der Waals surface area contributed by atoms with Gasteiger partial charge in [0.05, 0.1) is 17.0 Å². The van der Waals surface area contributed by atoms with Crippen molar-refractivity contribution in [1.82, 2.24) is 10.6 Å². The normalized spacial score (nSPS) is 17.4. The molecule has 0 bridgehead atoms. The van der Waals surface area contributed by atoms with Crippen LogP contribution in [0.15, 0.2) is 36.4 Å². The summed E-state index contributed by atoms with van der Waals surface area (Å²) in [6.07, 6.45) is 0.634. The van der Waals surface area contributed by atoms with Crippen LogP contribution < -0.4 is 32.7 Å². The van der Waals surface area contributed by atoms with Crippen molar-refractivity contribution >= 4 is 46.7 Å². The highest BCUT2D eigenvalue weighted by atomic mass is 16.6. The van der Waals surface area contributed by atoms with E-state index in [-0.39, 0.29) is 47.6 Å². The summed E-state index contributed by atoms with van der Waals surface area (Å²) in [5, 5.41) is 31.4. The van der Waals surface area contributed by atoms with E-state index in [9.17, 15) is 39.2 Å². The van der Waals surface area contributed by atoms with Crippen molar-refractivity contribution in [1.29, 1.82) is 0 Å². The first kappa shape index (κ1) is 30.5. The van der Waals surface area contributed by atoms with Gasteiger partial charge in [-0.2, -0.15) is 0 Å². The Morgan fingerprint density at radius 1 is 1.00 bits per heavy atom. The molecular formula is C26H32N7O8+. The van der Waals surface area contributed by atoms with Gasteiger partial charge in [0.2, 0.25) is 17.7 Å². The summed E-state index contributed by atoms with van der Waals surface area (Å²) in [4.78, 5) is 73.9. The molecule has 1 aliphatic rings. The maximum absolute atomic E-state index is 13.4. The van der Waals surface area contributed by atoms with Gasteiger partial charge in [-0.05, 0) is 49.4 Å².